The molecule has 2 heterocycles. The summed E-state index contributed by atoms with van der Waals surface area (Å²) in [4.78, 5) is 14.5. The van der Waals surface area contributed by atoms with Gasteiger partial charge in [-0.25, -0.2) is 0 Å². The Morgan fingerprint density at radius 3 is 2.46 bits per heavy atom. The van der Waals surface area contributed by atoms with Crippen molar-refractivity contribution in [1.82, 2.24) is 19.7 Å². The van der Waals surface area contributed by atoms with Crippen molar-refractivity contribution in [1.29, 1.82) is 0 Å². The minimum Gasteiger partial charge on any atom is -0.378 e. The number of nitrogens with zero attached hydrogens (tertiary/aromatic N) is 4. The smallest absolute Gasteiger partial charge is 0.256 e. The summed E-state index contributed by atoms with van der Waals surface area (Å²) in [5.74, 6) is 1.43. The molecule has 2 atom stereocenters. The van der Waals surface area contributed by atoms with Gasteiger partial charge in [0.15, 0.2) is 11.9 Å². The number of amides is 1. The maximum Gasteiger partial charge on any atom is 0.256 e. The standard InChI is InChI=1S/C22H24N4O2/c1-16-14-25(22(28)21(27)18-10-6-3-7-11-18)15-20-24-23-19(26(16)20)13-12-17-8-4-2-5-9-17/h2-11,16,21,27H,12-15H2,1H3/t16-,21-/m0/s1. The number of hydrogen-bond acceptors (Lipinski definition) is 4. The van der Waals surface area contributed by atoms with Crippen LogP contribution in [0.15, 0.2) is 60.7 Å². The molecule has 0 unspecified atom stereocenters. The summed E-state index contributed by atoms with van der Waals surface area (Å²) in [5.41, 5.74) is 1.88. The fourth-order valence-electron chi connectivity index (χ4n) is 3.80. The number of carbonyl (C=O) groups excluding carboxylic acids is 1. The highest BCUT2D eigenvalue weighted by Crippen LogP contribution is 2.25. The van der Waals surface area contributed by atoms with Gasteiger partial charge in [-0.1, -0.05) is 60.7 Å². The minimum atomic E-state index is -1.15. The number of benzene rings is 2. The molecule has 0 saturated heterocycles. The molecule has 4 rings (SSSR count). The molecule has 1 aliphatic rings. The highest BCUT2D eigenvalue weighted by atomic mass is 16.3. The van der Waals surface area contributed by atoms with Gasteiger partial charge in [-0.2, -0.15) is 0 Å². The first kappa shape index (κ1) is 18.4. The van der Waals surface area contributed by atoms with Crippen LogP contribution in [0.2, 0.25) is 0 Å². The van der Waals surface area contributed by atoms with Crippen LogP contribution in [0, 0.1) is 0 Å². The van der Waals surface area contributed by atoms with E-state index in [1.54, 1.807) is 17.0 Å². The van der Waals surface area contributed by atoms with Gasteiger partial charge in [0.05, 0.1) is 12.6 Å². The maximum absolute atomic E-state index is 12.8. The molecular formula is C22H24N4O2. The Hall–Kier alpha value is -2.99. The molecule has 1 aromatic heterocycles. The van der Waals surface area contributed by atoms with Crippen LogP contribution in [-0.2, 0) is 24.2 Å². The average molecular weight is 376 g/mol. The molecule has 3 aromatic rings. The molecule has 0 radical (unpaired) electrons. The van der Waals surface area contributed by atoms with Crippen LogP contribution in [-0.4, -0.2) is 37.2 Å². The van der Waals surface area contributed by atoms with Gasteiger partial charge in [-0.15, -0.1) is 10.2 Å². The lowest BCUT2D eigenvalue weighted by Crippen LogP contribution is -2.43. The second-order valence-electron chi connectivity index (χ2n) is 7.27. The van der Waals surface area contributed by atoms with Crippen LogP contribution in [0.4, 0.5) is 0 Å². The van der Waals surface area contributed by atoms with Gasteiger partial charge in [-0.3, -0.25) is 4.79 Å². The summed E-state index contributed by atoms with van der Waals surface area (Å²) in [6, 6.07) is 19.4. The fraction of sp³-hybridized carbons (Fsp3) is 0.318. The number of hydrogen-bond donors (Lipinski definition) is 1. The van der Waals surface area contributed by atoms with E-state index in [9.17, 15) is 9.90 Å². The van der Waals surface area contributed by atoms with Gasteiger partial charge in [-0.05, 0) is 24.5 Å². The molecule has 0 aliphatic carbocycles. The number of aliphatic hydroxyl groups is 1. The number of aryl methyl sites for hydroxylation is 2. The first-order valence-electron chi connectivity index (χ1n) is 9.62. The highest BCUT2D eigenvalue weighted by Gasteiger charge is 2.32. The zero-order valence-corrected chi connectivity index (χ0v) is 15.9. The van der Waals surface area contributed by atoms with E-state index in [-0.39, 0.29) is 11.9 Å². The average Bonchev–Trinajstić information content (AvgIpc) is 3.16. The minimum absolute atomic E-state index is 0.0662. The van der Waals surface area contributed by atoms with Gasteiger partial charge in [0.25, 0.3) is 5.91 Å². The van der Waals surface area contributed by atoms with E-state index in [1.807, 2.05) is 36.4 Å². The molecule has 6 heteroatoms. The molecule has 144 valence electrons. The molecule has 2 aromatic carbocycles. The van der Waals surface area contributed by atoms with Gasteiger partial charge in [0, 0.05) is 13.0 Å². The van der Waals surface area contributed by atoms with Crippen LogP contribution in [0.3, 0.4) is 0 Å². The number of carbonyl (C=O) groups is 1. The molecule has 0 fully saturated rings. The first-order chi connectivity index (χ1) is 13.6. The van der Waals surface area contributed by atoms with Crippen molar-refractivity contribution in [2.75, 3.05) is 6.54 Å². The third-order valence-electron chi connectivity index (χ3n) is 5.24. The Labute approximate surface area is 164 Å². The predicted octanol–water partition coefficient (Wildman–Crippen LogP) is 2.70. The van der Waals surface area contributed by atoms with Crippen LogP contribution in [0.1, 0.15) is 41.8 Å². The molecule has 1 amide bonds. The quantitative estimate of drug-likeness (QED) is 0.743. The van der Waals surface area contributed by atoms with Crippen LogP contribution < -0.4 is 0 Å². The third-order valence-corrected chi connectivity index (χ3v) is 5.24. The Balaban J connectivity index is 1.47. The van der Waals surface area contributed by atoms with E-state index in [4.69, 9.17) is 0 Å². The van der Waals surface area contributed by atoms with Crippen molar-refractivity contribution in [3.63, 3.8) is 0 Å². The normalized spacial score (nSPS) is 17.2. The SMILES string of the molecule is C[C@H]1CN(C(=O)[C@@H](O)c2ccccc2)Cc2nnc(CCc3ccccc3)n21. The monoisotopic (exact) mass is 376 g/mol. The Morgan fingerprint density at radius 1 is 1.07 bits per heavy atom. The van der Waals surface area contributed by atoms with Crippen LogP contribution in [0.25, 0.3) is 0 Å². The van der Waals surface area contributed by atoms with E-state index in [0.29, 0.717) is 18.7 Å². The van der Waals surface area contributed by atoms with Crippen molar-refractivity contribution in [3.8, 4) is 0 Å². The molecule has 0 saturated carbocycles. The third kappa shape index (κ3) is 3.68. The van der Waals surface area contributed by atoms with Gasteiger partial charge in [0.1, 0.15) is 5.82 Å². The summed E-state index contributed by atoms with van der Waals surface area (Å²) >= 11 is 0. The van der Waals surface area contributed by atoms with Crippen LogP contribution in [0.5, 0.6) is 0 Å². The summed E-state index contributed by atoms with van der Waals surface area (Å²) in [6.45, 7) is 2.96. The summed E-state index contributed by atoms with van der Waals surface area (Å²) < 4.78 is 2.14. The van der Waals surface area contributed by atoms with Crippen LogP contribution >= 0.6 is 0 Å². The predicted molar refractivity (Wildman–Crippen MR) is 105 cm³/mol. The lowest BCUT2D eigenvalue weighted by atomic mass is 10.1. The van der Waals surface area contributed by atoms with Crippen molar-refractivity contribution < 1.29 is 9.90 Å². The Kier molecular flexibility index (Phi) is 5.21. The van der Waals surface area contributed by atoms with E-state index in [1.165, 1.54) is 5.56 Å². The Bertz CT molecular complexity index is 940. The number of aromatic nitrogens is 3. The molecule has 1 N–H and O–H groups in total. The van der Waals surface area contributed by atoms with Crippen molar-refractivity contribution >= 4 is 5.91 Å². The summed E-state index contributed by atoms with van der Waals surface area (Å²) in [7, 11) is 0. The van der Waals surface area contributed by atoms with E-state index >= 15 is 0 Å². The molecule has 0 bridgehead atoms. The number of rotatable bonds is 5. The zero-order chi connectivity index (χ0) is 19.5. The molecular weight excluding hydrogens is 352 g/mol. The molecule has 1 aliphatic heterocycles. The van der Waals surface area contributed by atoms with Gasteiger partial charge in [0.2, 0.25) is 0 Å². The fourth-order valence-corrected chi connectivity index (χ4v) is 3.80. The molecule has 28 heavy (non-hydrogen) atoms. The summed E-state index contributed by atoms with van der Waals surface area (Å²) in [6.07, 6.45) is 0.559. The van der Waals surface area contributed by atoms with E-state index in [2.05, 4.69) is 33.8 Å². The van der Waals surface area contributed by atoms with Gasteiger partial charge >= 0.3 is 0 Å². The lowest BCUT2D eigenvalue weighted by molar-refractivity contribution is -0.142. The van der Waals surface area contributed by atoms with E-state index < -0.39 is 6.10 Å². The largest absolute Gasteiger partial charge is 0.378 e. The number of aliphatic hydroxyl groups excluding tert-OH is 1. The second kappa shape index (κ2) is 7.94. The van der Waals surface area contributed by atoms with Gasteiger partial charge < -0.3 is 14.6 Å². The first-order valence-corrected chi connectivity index (χ1v) is 9.62. The summed E-state index contributed by atoms with van der Waals surface area (Å²) in [5, 5.41) is 19.2. The second-order valence-corrected chi connectivity index (χ2v) is 7.27. The maximum atomic E-state index is 12.8. The number of fused-ring (bicyclic) bond motifs is 1. The van der Waals surface area contributed by atoms with E-state index in [0.717, 1.165) is 24.5 Å². The van der Waals surface area contributed by atoms with Crippen molar-refractivity contribution in [3.05, 3.63) is 83.4 Å². The topological polar surface area (TPSA) is 71.2 Å². The zero-order valence-electron chi connectivity index (χ0n) is 15.9. The molecule has 0 spiro atoms. The molecule has 6 nitrogen and oxygen atoms in total. The van der Waals surface area contributed by atoms with Crippen molar-refractivity contribution in [2.45, 2.75) is 38.5 Å². The Morgan fingerprint density at radius 2 is 1.75 bits per heavy atom. The highest BCUT2D eigenvalue weighted by molar-refractivity contribution is 5.82. The lowest BCUT2D eigenvalue weighted by Gasteiger charge is -2.33. The van der Waals surface area contributed by atoms with Crippen molar-refractivity contribution in [2.24, 2.45) is 0 Å².